The maximum Gasteiger partial charge on any atom is 0.263 e. The van der Waals surface area contributed by atoms with E-state index in [-0.39, 0.29) is 17.7 Å². The number of hydrogen-bond acceptors (Lipinski definition) is 5. The first-order chi connectivity index (χ1) is 13.0. The van der Waals surface area contributed by atoms with E-state index in [0.29, 0.717) is 15.8 Å². The molecular formula is C21H15N2O3S-. The zero-order valence-electron chi connectivity index (χ0n) is 14.5. The first kappa shape index (κ1) is 17.2. The number of carbonyl (C=O) groups excluding carboxylic acids is 1. The van der Waals surface area contributed by atoms with Gasteiger partial charge < -0.3 is 9.90 Å². The molecule has 6 heteroatoms. The van der Waals surface area contributed by atoms with Crippen LogP contribution >= 0.6 is 11.3 Å². The van der Waals surface area contributed by atoms with E-state index in [2.05, 4.69) is 4.98 Å². The van der Waals surface area contributed by atoms with E-state index in [9.17, 15) is 14.7 Å². The number of fused-ring (bicyclic) bond motifs is 1. The van der Waals surface area contributed by atoms with E-state index in [1.807, 2.05) is 37.3 Å². The van der Waals surface area contributed by atoms with Gasteiger partial charge in [-0.1, -0.05) is 48.5 Å². The molecule has 0 N–H and O–H groups in total. The lowest BCUT2D eigenvalue weighted by Gasteiger charge is -2.09. The number of rotatable bonds is 4. The van der Waals surface area contributed by atoms with Crippen molar-refractivity contribution in [2.45, 2.75) is 13.5 Å². The number of aryl methyl sites for hydroxylation is 1. The van der Waals surface area contributed by atoms with Crippen LogP contribution < -0.4 is 10.7 Å². The van der Waals surface area contributed by atoms with E-state index in [4.69, 9.17) is 0 Å². The average molecular weight is 375 g/mol. The van der Waals surface area contributed by atoms with Gasteiger partial charge in [-0.2, -0.15) is 0 Å². The number of aromatic carboxylic acids is 1. The molecular weight excluding hydrogens is 360 g/mol. The summed E-state index contributed by atoms with van der Waals surface area (Å²) in [5.74, 6) is -1.24. The summed E-state index contributed by atoms with van der Waals surface area (Å²) in [7, 11) is 0. The molecule has 4 rings (SSSR count). The van der Waals surface area contributed by atoms with Crippen LogP contribution in [-0.2, 0) is 6.54 Å². The molecule has 0 aliphatic carbocycles. The monoisotopic (exact) mass is 375 g/mol. The largest absolute Gasteiger partial charge is 0.545 e. The van der Waals surface area contributed by atoms with Gasteiger partial charge in [0.05, 0.1) is 24.2 Å². The number of nitrogens with zero attached hydrogens (tertiary/aromatic N) is 2. The Hall–Kier alpha value is -3.25. The van der Waals surface area contributed by atoms with Gasteiger partial charge >= 0.3 is 0 Å². The number of carbonyl (C=O) groups is 1. The maximum absolute atomic E-state index is 13.2. The fourth-order valence-electron chi connectivity index (χ4n) is 3.20. The van der Waals surface area contributed by atoms with Crippen LogP contribution in [0.1, 0.15) is 20.8 Å². The van der Waals surface area contributed by atoms with Gasteiger partial charge in [0.2, 0.25) is 0 Å². The minimum Gasteiger partial charge on any atom is -0.545 e. The minimum absolute atomic E-state index is 0.0888. The van der Waals surface area contributed by atoms with Crippen LogP contribution in [0.4, 0.5) is 0 Å². The number of hydrogen-bond donors (Lipinski definition) is 0. The highest BCUT2D eigenvalue weighted by Gasteiger charge is 2.16. The van der Waals surface area contributed by atoms with Crippen LogP contribution in [0.3, 0.4) is 0 Å². The highest BCUT2D eigenvalue weighted by Crippen LogP contribution is 2.35. The van der Waals surface area contributed by atoms with Crippen molar-refractivity contribution in [1.29, 1.82) is 0 Å². The molecule has 134 valence electrons. The third kappa shape index (κ3) is 3.15. The molecule has 27 heavy (non-hydrogen) atoms. The number of carboxylic acid groups (broad SMARTS) is 1. The van der Waals surface area contributed by atoms with E-state index < -0.39 is 5.97 Å². The molecule has 0 unspecified atom stereocenters. The van der Waals surface area contributed by atoms with Crippen molar-refractivity contribution in [3.8, 4) is 11.1 Å². The van der Waals surface area contributed by atoms with Crippen LogP contribution in [-0.4, -0.2) is 15.5 Å². The van der Waals surface area contributed by atoms with Crippen molar-refractivity contribution in [2.24, 2.45) is 0 Å². The number of aromatic nitrogens is 2. The molecule has 0 saturated heterocycles. The Kier molecular flexibility index (Phi) is 4.33. The van der Waals surface area contributed by atoms with Crippen molar-refractivity contribution in [2.75, 3.05) is 0 Å². The Morgan fingerprint density at radius 2 is 1.93 bits per heavy atom. The van der Waals surface area contributed by atoms with Gasteiger partial charge in [0, 0.05) is 10.4 Å². The lowest BCUT2D eigenvalue weighted by atomic mass is 10.0. The van der Waals surface area contributed by atoms with Gasteiger partial charge in [0.25, 0.3) is 5.56 Å². The topological polar surface area (TPSA) is 75.0 Å². The molecule has 0 bridgehead atoms. The summed E-state index contributed by atoms with van der Waals surface area (Å²) in [5.41, 5.74) is 2.55. The summed E-state index contributed by atoms with van der Waals surface area (Å²) in [6.07, 6.45) is 1.51. The molecule has 2 heterocycles. The first-order valence-corrected chi connectivity index (χ1v) is 9.20. The predicted octanol–water partition coefficient (Wildman–Crippen LogP) is 2.85. The second kappa shape index (κ2) is 6.81. The molecule has 0 amide bonds. The van der Waals surface area contributed by atoms with Crippen molar-refractivity contribution in [3.63, 3.8) is 0 Å². The van der Waals surface area contributed by atoms with Gasteiger partial charge in [0.1, 0.15) is 4.83 Å². The fourth-order valence-corrected chi connectivity index (χ4v) is 4.20. The van der Waals surface area contributed by atoms with Crippen LogP contribution in [0.5, 0.6) is 0 Å². The quantitative estimate of drug-likeness (QED) is 0.550. The lowest BCUT2D eigenvalue weighted by Crippen LogP contribution is -2.23. The molecule has 0 saturated carbocycles. The number of carboxylic acids is 1. The van der Waals surface area contributed by atoms with Gasteiger partial charge in [-0.05, 0) is 29.7 Å². The molecule has 0 atom stereocenters. The standard InChI is InChI=1S/C21H16N2O3S/c1-13-17(15-7-3-2-4-8-15)18-19(27-13)22-12-23(20(18)24)11-14-6-5-9-16(10-14)21(25)26/h2-10,12H,11H2,1H3,(H,25,26)/p-1. The van der Waals surface area contributed by atoms with Gasteiger partial charge in [-0.15, -0.1) is 11.3 Å². The van der Waals surface area contributed by atoms with E-state index in [1.165, 1.54) is 34.4 Å². The Balaban J connectivity index is 1.84. The molecule has 0 fully saturated rings. The second-order valence-electron chi connectivity index (χ2n) is 6.24. The van der Waals surface area contributed by atoms with Crippen molar-refractivity contribution < 1.29 is 9.90 Å². The lowest BCUT2D eigenvalue weighted by molar-refractivity contribution is -0.255. The molecule has 4 aromatic rings. The van der Waals surface area contributed by atoms with Crippen LogP contribution in [0.25, 0.3) is 21.3 Å². The van der Waals surface area contributed by atoms with Crippen molar-refractivity contribution in [3.05, 3.63) is 87.3 Å². The Labute approximate surface area is 159 Å². The Morgan fingerprint density at radius 3 is 2.67 bits per heavy atom. The SMILES string of the molecule is Cc1sc2ncn(Cc3cccc(C(=O)[O-])c3)c(=O)c2c1-c1ccccc1. The van der Waals surface area contributed by atoms with Crippen LogP contribution in [0.2, 0.25) is 0 Å². The molecule has 5 nitrogen and oxygen atoms in total. The third-order valence-electron chi connectivity index (χ3n) is 4.43. The van der Waals surface area contributed by atoms with E-state index >= 15 is 0 Å². The fraction of sp³-hybridized carbons (Fsp3) is 0.0952. The Bertz CT molecular complexity index is 1210. The number of benzene rings is 2. The maximum atomic E-state index is 13.2. The van der Waals surface area contributed by atoms with E-state index in [1.54, 1.807) is 12.1 Å². The smallest absolute Gasteiger partial charge is 0.263 e. The minimum atomic E-state index is -1.24. The average Bonchev–Trinajstić information content (AvgIpc) is 3.02. The third-order valence-corrected chi connectivity index (χ3v) is 5.45. The molecule has 0 aliphatic heterocycles. The summed E-state index contributed by atoms with van der Waals surface area (Å²) < 4.78 is 1.51. The highest BCUT2D eigenvalue weighted by molar-refractivity contribution is 7.19. The normalized spacial score (nSPS) is 11.0. The molecule has 0 aliphatic rings. The predicted molar refractivity (Wildman–Crippen MR) is 104 cm³/mol. The summed E-state index contributed by atoms with van der Waals surface area (Å²) in [4.78, 5) is 30.4. The van der Waals surface area contributed by atoms with Gasteiger partial charge in [0.15, 0.2) is 0 Å². The summed E-state index contributed by atoms with van der Waals surface area (Å²) >= 11 is 1.50. The summed E-state index contributed by atoms with van der Waals surface area (Å²) in [6, 6.07) is 16.2. The summed E-state index contributed by atoms with van der Waals surface area (Å²) in [5, 5.41) is 11.7. The molecule has 0 radical (unpaired) electrons. The zero-order valence-corrected chi connectivity index (χ0v) is 15.3. The Morgan fingerprint density at radius 1 is 1.15 bits per heavy atom. The first-order valence-electron chi connectivity index (χ1n) is 8.39. The van der Waals surface area contributed by atoms with Crippen LogP contribution in [0.15, 0.2) is 65.7 Å². The molecule has 0 spiro atoms. The highest BCUT2D eigenvalue weighted by atomic mass is 32.1. The number of thiophene rings is 1. The van der Waals surface area contributed by atoms with Gasteiger partial charge in [-0.3, -0.25) is 9.36 Å². The second-order valence-corrected chi connectivity index (χ2v) is 7.45. The summed E-state index contributed by atoms with van der Waals surface area (Å²) in [6.45, 7) is 2.23. The molecule has 2 aromatic heterocycles. The van der Waals surface area contributed by atoms with Crippen molar-refractivity contribution >= 4 is 27.5 Å². The van der Waals surface area contributed by atoms with E-state index in [0.717, 1.165) is 16.0 Å². The van der Waals surface area contributed by atoms with Crippen LogP contribution in [0, 0.1) is 6.92 Å². The molecule has 2 aromatic carbocycles. The zero-order chi connectivity index (χ0) is 19.0. The van der Waals surface area contributed by atoms with Crippen molar-refractivity contribution in [1.82, 2.24) is 9.55 Å². The van der Waals surface area contributed by atoms with Gasteiger partial charge in [-0.25, -0.2) is 4.98 Å².